The molecule has 3 aromatic rings. The Kier molecular flexibility index (Phi) is 6.52. The Morgan fingerprint density at radius 1 is 1.03 bits per heavy atom. The normalized spacial score (nSPS) is 18.1. The topological polar surface area (TPSA) is 94.3 Å². The van der Waals surface area contributed by atoms with Gasteiger partial charge in [-0.3, -0.25) is 14.5 Å². The number of nitrogens with zero attached hydrogens (tertiary/aromatic N) is 1. The van der Waals surface area contributed by atoms with Crippen LogP contribution in [0.3, 0.4) is 0 Å². The molecule has 1 aliphatic heterocycles. The number of hydrogen-bond donors (Lipinski definition) is 3. The van der Waals surface area contributed by atoms with Crippen molar-refractivity contribution in [2.45, 2.75) is 50.0 Å². The number of H-pyrrole nitrogens is 1. The number of fused-ring (bicyclic) bond motifs is 1. The van der Waals surface area contributed by atoms with Gasteiger partial charge in [0.25, 0.3) is 5.91 Å². The molecular formula is C27H29ClN4O3. The summed E-state index contributed by atoms with van der Waals surface area (Å²) in [5, 5.41) is 7.61. The van der Waals surface area contributed by atoms with Crippen LogP contribution in [0.5, 0.6) is 0 Å². The minimum atomic E-state index is -0.768. The van der Waals surface area contributed by atoms with Gasteiger partial charge < -0.3 is 15.6 Å². The van der Waals surface area contributed by atoms with E-state index in [-0.39, 0.29) is 30.7 Å². The number of carbonyl (C=O) groups excluding carboxylic acids is 3. The molecule has 5 rings (SSSR count). The molecule has 1 unspecified atom stereocenters. The first-order valence-electron chi connectivity index (χ1n) is 12.2. The van der Waals surface area contributed by atoms with Crippen LogP contribution in [-0.4, -0.2) is 46.4 Å². The van der Waals surface area contributed by atoms with Crippen LogP contribution in [0, 0.1) is 0 Å². The van der Waals surface area contributed by atoms with Gasteiger partial charge in [-0.15, -0.1) is 0 Å². The standard InChI is InChI=1S/C27H29ClN4O3/c28-22-10-4-2-8-18(22)20(21-16-29-23-11-5-3-9-19(21)23)17-30-24(33)12-15-32-25(34)27(31-26(32)35)13-6-1-7-14-27/h2-5,8-11,16,20,29H,1,6-7,12-15,17H2,(H,30,33)(H,31,35). The highest BCUT2D eigenvalue weighted by molar-refractivity contribution is 6.31. The quantitative estimate of drug-likeness (QED) is 0.417. The second kappa shape index (κ2) is 9.74. The summed E-state index contributed by atoms with van der Waals surface area (Å²) < 4.78 is 0. The van der Waals surface area contributed by atoms with E-state index in [4.69, 9.17) is 11.6 Å². The molecule has 2 fully saturated rings. The van der Waals surface area contributed by atoms with Crippen LogP contribution in [-0.2, 0) is 9.59 Å². The van der Waals surface area contributed by atoms with Crippen molar-refractivity contribution in [1.29, 1.82) is 0 Å². The molecule has 2 heterocycles. The summed E-state index contributed by atoms with van der Waals surface area (Å²) >= 11 is 6.54. The van der Waals surface area contributed by atoms with Gasteiger partial charge in [0.2, 0.25) is 5.91 Å². The fourth-order valence-corrected chi connectivity index (χ4v) is 5.69. The maximum Gasteiger partial charge on any atom is 0.325 e. The summed E-state index contributed by atoms with van der Waals surface area (Å²) in [5.74, 6) is -0.569. The van der Waals surface area contributed by atoms with E-state index in [9.17, 15) is 14.4 Å². The maximum atomic E-state index is 13.0. The first-order valence-corrected chi connectivity index (χ1v) is 12.6. The van der Waals surface area contributed by atoms with Gasteiger partial charge in [0.15, 0.2) is 0 Å². The zero-order valence-corrected chi connectivity index (χ0v) is 20.2. The Bertz CT molecular complexity index is 1260. The predicted octanol–water partition coefficient (Wildman–Crippen LogP) is 4.71. The van der Waals surface area contributed by atoms with Crippen LogP contribution in [0.4, 0.5) is 4.79 Å². The number of hydrogen-bond acceptors (Lipinski definition) is 3. The highest BCUT2D eigenvalue weighted by Crippen LogP contribution is 2.35. The molecule has 2 aliphatic rings. The van der Waals surface area contributed by atoms with E-state index in [1.54, 1.807) is 0 Å². The molecule has 1 spiro atoms. The van der Waals surface area contributed by atoms with Crippen molar-refractivity contribution in [3.05, 3.63) is 70.9 Å². The number of rotatable bonds is 7. The number of benzene rings is 2. The summed E-state index contributed by atoms with van der Waals surface area (Å²) in [6.07, 6.45) is 6.29. The molecule has 1 saturated heterocycles. The molecule has 1 aliphatic carbocycles. The van der Waals surface area contributed by atoms with E-state index >= 15 is 0 Å². The van der Waals surface area contributed by atoms with Crippen molar-refractivity contribution < 1.29 is 14.4 Å². The van der Waals surface area contributed by atoms with Gasteiger partial charge in [-0.1, -0.05) is 67.3 Å². The monoisotopic (exact) mass is 492 g/mol. The van der Waals surface area contributed by atoms with Crippen LogP contribution in [0.25, 0.3) is 10.9 Å². The molecule has 0 radical (unpaired) electrons. The first-order chi connectivity index (χ1) is 17.0. The smallest absolute Gasteiger partial charge is 0.325 e. The van der Waals surface area contributed by atoms with Gasteiger partial charge in [-0.25, -0.2) is 4.79 Å². The number of aromatic amines is 1. The lowest BCUT2D eigenvalue weighted by atomic mass is 9.82. The largest absolute Gasteiger partial charge is 0.361 e. The minimum Gasteiger partial charge on any atom is -0.361 e. The molecule has 0 bridgehead atoms. The van der Waals surface area contributed by atoms with Crippen molar-refractivity contribution >= 4 is 40.3 Å². The Hall–Kier alpha value is -3.32. The lowest BCUT2D eigenvalue weighted by Gasteiger charge is -2.30. The van der Waals surface area contributed by atoms with Gasteiger partial charge in [0, 0.05) is 47.6 Å². The Morgan fingerprint density at radius 2 is 1.77 bits per heavy atom. The summed E-state index contributed by atoms with van der Waals surface area (Å²) in [4.78, 5) is 42.8. The number of nitrogens with one attached hydrogen (secondary N) is 3. The van der Waals surface area contributed by atoms with Crippen molar-refractivity contribution in [3.8, 4) is 0 Å². The highest BCUT2D eigenvalue weighted by atomic mass is 35.5. The summed E-state index contributed by atoms with van der Waals surface area (Å²) in [7, 11) is 0. The van der Waals surface area contributed by atoms with E-state index in [1.807, 2.05) is 54.7 Å². The lowest BCUT2D eigenvalue weighted by molar-refractivity contribution is -0.132. The SMILES string of the molecule is O=C(CCN1C(=O)NC2(CCCCC2)C1=O)NCC(c1ccccc1Cl)c1c[nH]c2ccccc12. The molecular weight excluding hydrogens is 464 g/mol. The third kappa shape index (κ3) is 4.52. The fourth-order valence-electron chi connectivity index (χ4n) is 5.42. The van der Waals surface area contributed by atoms with E-state index in [2.05, 4.69) is 15.6 Å². The Labute approximate surface area is 209 Å². The predicted molar refractivity (Wildman–Crippen MR) is 135 cm³/mol. The first kappa shape index (κ1) is 23.4. The van der Waals surface area contributed by atoms with Crippen LogP contribution >= 0.6 is 11.6 Å². The van der Waals surface area contributed by atoms with E-state index in [0.29, 0.717) is 24.4 Å². The number of halogens is 1. The lowest BCUT2D eigenvalue weighted by Crippen LogP contribution is -2.48. The number of para-hydroxylation sites is 1. The number of carbonyl (C=O) groups is 3. The molecule has 1 saturated carbocycles. The third-order valence-corrected chi connectivity index (χ3v) is 7.64. The van der Waals surface area contributed by atoms with Gasteiger partial charge in [-0.2, -0.15) is 0 Å². The molecule has 3 N–H and O–H groups in total. The third-order valence-electron chi connectivity index (χ3n) is 7.30. The zero-order chi connectivity index (χ0) is 24.4. The molecule has 8 heteroatoms. The van der Waals surface area contributed by atoms with Gasteiger partial charge in [0.05, 0.1) is 0 Å². The highest BCUT2D eigenvalue weighted by Gasteiger charge is 2.51. The number of aromatic nitrogens is 1. The van der Waals surface area contributed by atoms with Crippen molar-refractivity contribution in [1.82, 2.24) is 20.5 Å². The van der Waals surface area contributed by atoms with Crippen LogP contribution in [0.1, 0.15) is 55.6 Å². The average molecular weight is 493 g/mol. The van der Waals surface area contributed by atoms with Gasteiger partial charge in [0.1, 0.15) is 5.54 Å². The second-order valence-corrected chi connectivity index (χ2v) is 9.85. The Morgan fingerprint density at radius 3 is 2.57 bits per heavy atom. The zero-order valence-electron chi connectivity index (χ0n) is 19.5. The van der Waals surface area contributed by atoms with E-state index in [0.717, 1.165) is 41.3 Å². The van der Waals surface area contributed by atoms with E-state index < -0.39 is 11.6 Å². The van der Waals surface area contributed by atoms with Crippen molar-refractivity contribution in [2.24, 2.45) is 0 Å². The fraction of sp³-hybridized carbons (Fsp3) is 0.370. The molecule has 35 heavy (non-hydrogen) atoms. The molecule has 7 nitrogen and oxygen atoms in total. The summed E-state index contributed by atoms with van der Waals surface area (Å²) in [6, 6.07) is 15.3. The Balaban J connectivity index is 1.27. The second-order valence-electron chi connectivity index (χ2n) is 9.45. The average Bonchev–Trinajstić information content (AvgIpc) is 3.38. The van der Waals surface area contributed by atoms with Crippen molar-refractivity contribution in [2.75, 3.05) is 13.1 Å². The molecule has 1 aromatic heterocycles. The number of urea groups is 1. The van der Waals surface area contributed by atoms with Crippen LogP contribution < -0.4 is 10.6 Å². The summed E-state index contributed by atoms with van der Waals surface area (Å²) in [5.41, 5.74) is 2.21. The van der Waals surface area contributed by atoms with Crippen LogP contribution in [0.15, 0.2) is 54.7 Å². The number of amides is 4. The molecule has 182 valence electrons. The van der Waals surface area contributed by atoms with E-state index in [1.165, 1.54) is 4.90 Å². The molecule has 1 atom stereocenters. The van der Waals surface area contributed by atoms with Gasteiger partial charge >= 0.3 is 6.03 Å². The van der Waals surface area contributed by atoms with Crippen LogP contribution in [0.2, 0.25) is 5.02 Å². The van der Waals surface area contributed by atoms with Crippen molar-refractivity contribution in [3.63, 3.8) is 0 Å². The maximum absolute atomic E-state index is 13.0. The summed E-state index contributed by atoms with van der Waals surface area (Å²) in [6.45, 7) is 0.413. The van der Waals surface area contributed by atoms with Gasteiger partial charge in [-0.05, 0) is 36.1 Å². The number of imide groups is 1. The minimum absolute atomic E-state index is 0.0539. The molecule has 4 amide bonds. The molecule has 2 aromatic carbocycles.